The van der Waals surface area contributed by atoms with Crippen LogP contribution in [0.5, 0.6) is 0 Å². The van der Waals surface area contributed by atoms with Crippen molar-refractivity contribution in [2.24, 2.45) is 23.2 Å². The minimum atomic E-state index is -0.558. The summed E-state index contributed by atoms with van der Waals surface area (Å²) in [6, 6.07) is 3.70. The molecule has 1 N–H and O–H groups in total. The lowest BCUT2D eigenvalue weighted by Gasteiger charge is -2.56. The normalized spacial score (nSPS) is 36.0. The molecule has 4 bridgehead atoms. The molecule has 0 radical (unpaired) electrons. The van der Waals surface area contributed by atoms with Crippen LogP contribution in [0, 0.1) is 29.0 Å². The fourth-order valence-electron chi connectivity index (χ4n) is 6.77. The van der Waals surface area contributed by atoms with Crippen LogP contribution < -0.4 is 5.32 Å². The van der Waals surface area contributed by atoms with Gasteiger partial charge in [-0.15, -0.1) is 0 Å². The summed E-state index contributed by atoms with van der Waals surface area (Å²) in [5.41, 5.74) is -0.133. The largest absolute Gasteiger partial charge is 0.330 e. The monoisotopic (exact) mass is 404 g/mol. The molecule has 0 aromatic heterocycles. The van der Waals surface area contributed by atoms with Crippen LogP contribution in [0.2, 0.25) is 5.02 Å². The Hall–Kier alpha value is -1.62. The van der Waals surface area contributed by atoms with Gasteiger partial charge in [0.25, 0.3) is 0 Å². The van der Waals surface area contributed by atoms with Crippen LogP contribution in [-0.4, -0.2) is 29.3 Å². The van der Waals surface area contributed by atoms with Crippen molar-refractivity contribution in [1.82, 2.24) is 4.90 Å². The first kappa shape index (κ1) is 18.4. The summed E-state index contributed by atoms with van der Waals surface area (Å²) in [5, 5.41) is 2.96. The maximum absolute atomic E-state index is 14.1. The van der Waals surface area contributed by atoms with Crippen LogP contribution in [-0.2, 0) is 9.59 Å². The zero-order chi connectivity index (χ0) is 19.5. The average Bonchev–Trinajstić information content (AvgIpc) is 3.12. The molecule has 6 rings (SSSR count). The van der Waals surface area contributed by atoms with Crippen LogP contribution in [0.3, 0.4) is 0 Å². The van der Waals surface area contributed by atoms with Gasteiger partial charge in [0, 0.05) is 11.6 Å². The number of carbonyl (C=O) groups is 2. The first-order valence-electron chi connectivity index (χ1n) is 10.5. The number of hydrogen-bond donors (Lipinski definition) is 1. The lowest BCUT2D eigenvalue weighted by atomic mass is 9.49. The number of rotatable bonds is 3. The Morgan fingerprint density at radius 1 is 1.11 bits per heavy atom. The molecule has 28 heavy (non-hydrogen) atoms. The van der Waals surface area contributed by atoms with E-state index in [0.29, 0.717) is 30.7 Å². The van der Waals surface area contributed by atoms with Crippen molar-refractivity contribution in [3.63, 3.8) is 0 Å². The summed E-state index contributed by atoms with van der Waals surface area (Å²) in [7, 11) is 0. The Kier molecular flexibility index (Phi) is 4.42. The standard InChI is InChI=1S/C22H26ClFN2O2/c23-16-3-4-18(17(24)9-16)25-20(27)19-2-1-5-26(19)21(28)22-10-13-6-14(11-22)8-15(7-13)12-22/h3-4,9,13-15,19H,1-2,5-8,10-12H2,(H,25,27)/t13?,14?,15?,19-,22?/m0/s1. The summed E-state index contributed by atoms with van der Waals surface area (Å²) < 4.78 is 14.1. The van der Waals surface area contributed by atoms with E-state index in [1.54, 1.807) is 11.0 Å². The van der Waals surface area contributed by atoms with Gasteiger partial charge in [-0.2, -0.15) is 0 Å². The average molecular weight is 405 g/mol. The zero-order valence-electron chi connectivity index (χ0n) is 15.9. The number of amides is 2. The number of benzene rings is 1. The predicted molar refractivity (Wildman–Crippen MR) is 105 cm³/mol. The second-order valence-electron chi connectivity index (χ2n) is 9.47. The Labute approximate surface area is 169 Å². The van der Waals surface area contributed by atoms with Crippen molar-refractivity contribution < 1.29 is 14.0 Å². The molecular weight excluding hydrogens is 379 g/mol. The molecule has 150 valence electrons. The Morgan fingerprint density at radius 3 is 2.36 bits per heavy atom. The van der Waals surface area contributed by atoms with Gasteiger partial charge in [-0.05, 0) is 87.3 Å². The maximum Gasteiger partial charge on any atom is 0.247 e. The molecule has 6 heteroatoms. The molecule has 2 amide bonds. The number of hydrogen-bond acceptors (Lipinski definition) is 2. The van der Waals surface area contributed by atoms with Gasteiger partial charge in [0.15, 0.2) is 0 Å². The Balaban J connectivity index is 1.34. The first-order valence-corrected chi connectivity index (χ1v) is 10.9. The highest BCUT2D eigenvalue weighted by molar-refractivity contribution is 6.30. The van der Waals surface area contributed by atoms with Gasteiger partial charge in [0.2, 0.25) is 11.8 Å². The third-order valence-electron chi connectivity index (χ3n) is 7.50. The number of likely N-dealkylation sites (tertiary alicyclic amines) is 1. The molecule has 1 aromatic carbocycles. The fraction of sp³-hybridized carbons (Fsp3) is 0.636. The molecule has 1 heterocycles. The maximum atomic E-state index is 14.1. The number of halogens is 2. The lowest BCUT2D eigenvalue weighted by Crippen LogP contribution is -2.56. The van der Waals surface area contributed by atoms with Crippen molar-refractivity contribution in [2.75, 3.05) is 11.9 Å². The van der Waals surface area contributed by atoms with Gasteiger partial charge in [-0.25, -0.2) is 4.39 Å². The molecule has 1 saturated heterocycles. The van der Waals surface area contributed by atoms with Crippen LogP contribution in [0.4, 0.5) is 10.1 Å². The summed E-state index contributed by atoms with van der Waals surface area (Å²) in [6.45, 7) is 0.627. The summed E-state index contributed by atoms with van der Waals surface area (Å²) in [4.78, 5) is 28.3. The highest BCUT2D eigenvalue weighted by Gasteiger charge is 2.56. The molecular formula is C22H26ClFN2O2. The van der Waals surface area contributed by atoms with Crippen molar-refractivity contribution in [3.05, 3.63) is 29.0 Å². The van der Waals surface area contributed by atoms with Crippen LogP contribution in [0.1, 0.15) is 51.4 Å². The number of nitrogens with zero attached hydrogens (tertiary/aromatic N) is 1. The molecule has 4 saturated carbocycles. The third kappa shape index (κ3) is 3.02. The fourth-order valence-corrected chi connectivity index (χ4v) is 6.93. The molecule has 0 unspecified atom stereocenters. The second-order valence-corrected chi connectivity index (χ2v) is 9.90. The van der Waals surface area contributed by atoms with Crippen LogP contribution >= 0.6 is 11.6 Å². The summed E-state index contributed by atoms with van der Waals surface area (Å²) in [6.07, 6.45) is 8.29. The molecule has 1 aromatic rings. The van der Waals surface area contributed by atoms with E-state index < -0.39 is 11.9 Å². The summed E-state index contributed by atoms with van der Waals surface area (Å²) >= 11 is 5.79. The van der Waals surface area contributed by atoms with E-state index >= 15 is 0 Å². The van der Waals surface area contributed by atoms with Crippen molar-refractivity contribution in [3.8, 4) is 0 Å². The van der Waals surface area contributed by atoms with Gasteiger partial charge in [-0.1, -0.05) is 11.6 Å². The van der Waals surface area contributed by atoms with Crippen molar-refractivity contribution in [2.45, 2.75) is 57.4 Å². The van der Waals surface area contributed by atoms with Crippen molar-refractivity contribution >= 4 is 29.1 Å². The zero-order valence-corrected chi connectivity index (χ0v) is 16.7. The highest BCUT2D eigenvalue weighted by Crippen LogP contribution is 2.60. The molecule has 1 aliphatic heterocycles. The van der Waals surface area contributed by atoms with Gasteiger partial charge < -0.3 is 10.2 Å². The predicted octanol–water partition coefficient (Wildman–Crippen LogP) is 4.63. The first-order chi connectivity index (χ1) is 13.4. The van der Waals surface area contributed by atoms with E-state index in [1.807, 2.05) is 0 Å². The quantitative estimate of drug-likeness (QED) is 0.798. The number of anilines is 1. The Bertz CT molecular complexity index is 791. The topological polar surface area (TPSA) is 49.4 Å². The molecule has 1 atom stereocenters. The Morgan fingerprint density at radius 2 is 1.75 bits per heavy atom. The van der Waals surface area contributed by atoms with E-state index in [0.717, 1.165) is 25.7 Å². The minimum Gasteiger partial charge on any atom is -0.330 e. The third-order valence-corrected chi connectivity index (χ3v) is 7.73. The van der Waals surface area contributed by atoms with Crippen LogP contribution in [0.15, 0.2) is 18.2 Å². The number of carbonyl (C=O) groups excluding carboxylic acids is 2. The van der Waals surface area contributed by atoms with Crippen LogP contribution in [0.25, 0.3) is 0 Å². The lowest BCUT2D eigenvalue weighted by molar-refractivity contribution is -0.160. The summed E-state index contributed by atoms with van der Waals surface area (Å²) in [5.74, 6) is 1.39. The van der Waals surface area contributed by atoms with E-state index in [1.165, 1.54) is 31.4 Å². The van der Waals surface area contributed by atoms with E-state index in [9.17, 15) is 14.0 Å². The van der Waals surface area contributed by atoms with Gasteiger partial charge in [0.1, 0.15) is 11.9 Å². The highest BCUT2D eigenvalue weighted by atomic mass is 35.5. The SMILES string of the molecule is O=C(Nc1ccc(Cl)cc1F)[C@@H]1CCCN1C(=O)C12CC3CC(CC(C3)C1)C2. The van der Waals surface area contributed by atoms with E-state index in [4.69, 9.17) is 11.6 Å². The molecule has 4 nitrogen and oxygen atoms in total. The van der Waals surface area contributed by atoms with E-state index in [-0.39, 0.29) is 27.9 Å². The van der Waals surface area contributed by atoms with Gasteiger partial charge in [0.05, 0.1) is 11.1 Å². The smallest absolute Gasteiger partial charge is 0.247 e. The minimum absolute atomic E-state index is 0.114. The molecule has 0 spiro atoms. The molecule has 4 aliphatic carbocycles. The molecule has 5 fully saturated rings. The second kappa shape index (κ2) is 6.72. The number of nitrogens with one attached hydrogen (secondary N) is 1. The molecule has 5 aliphatic rings. The van der Waals surface area contributed by atoms with Gasteiger partial charge >= 0.3 is 0 Å². The van der Waals surface area contributed by atoms with E-state index in [2.05, 4.69) is 5.32 Å². The van der Waals surface area contributed by atoms with Gasteiger partial charge in [-0.3, -0.25) is 9.59 Å². The van der Waals surface area contributed by atoms with Crippen molar-refractivity contribution in [1.29, 1.82) is 0 Å².